The molecule has 1 aromatic rings. The fraction of sp³-hybridized carbons (Fsp3) is 0.571. The molecule has 1 atom stereocenters. The molecule has 2 N–H and O–H groups in total. The Balaban J connectivity index is 3.03. The van der Waals surface area contributed by atoms with E-state index in [1.165, 1.54) is 0 Å². The molecule has 1 unspecified atom stereocenters. The number of thioether (sulfide) groups is 1. The molecular weight excluding hydrogens is 246 g/mol. The van der Waals surface area contributed by atoms with Crippen molar-refractivity contribution in [3.63, 3.8) is 0 Å². The zero-order chi connectivity index (χ0) is 13.8. The molecular formula is C14H23NO2S. The molecule has 0 aliphatic carbocycles. The molecule has 0 fully saturated rings. The molecule has 0 saturated carbocycles. The van der Waals surface area contributed by atoms with E-state index in [0.717, 1.165) is 16.2 Å². The highest BCUT2D eigenvalue weighted by Crippen LogP contribution is 2.39. The number of benzene rings is 1. The van der Waals surface area contributed by atoms with Crippen LogP contribution in [0.2, 0.25) is 0 Å². The number of methoxy groups -OCH3 is 2. The molecule has 102 valence electrons. The second-order valence-corrected chi connectivity index (χ2v) is 6.95. The molecule has 3 nitrogen and oxygen atoms in total. The van der Waals surface area contributed by atoms with Crippen LogP contribution >= 0.6 is 11.8 Å². The summed E-state index contributed by atoms with van der Waals surface area (Å²) in [6.07, 6.45) is -0.0763. The summed E-state index contributed by atoms with van der Waals surface area (Å²) in [6, 6.07) is 6.14. The van der Waals surface area contributed by atoms with E-state index in [0.29, 0.717) is 6.54 Å². The fourth-order valence-corrected chi connectivity index (χ4v) is 2.71. The van der Waals surface area contributed by atoms with Gasteiger partial charge in [-0.05, 0) is 17.7 Å². The van der Waals surface area contributed by atoms with E-state index in [2.05, 4.69) is 32.9 Å². The molecule has 0 amide bonds. The van der Waals surface area contributed by atoms with Gasteiger partial charge in [0.05, 0.1) is 13.2 Å². The van der Waals surface area contributed by atoms with E-state index in [9.17, 15) is 0 Å². The van der Waals surface area contributed by atoms with Crippen molar-refractivity contribution in [2.45, 2.75) is 36.5 Å². The summed E-state index contributed by atoms with van der Waals surface area (Å²) in [7, 11) is 3.36. The van der Waals surface area contributed by atoms with Crippen molar-refractivity contribution in [2.24, 2.45) is 5.73 Å². The van der Waals surface area contributed by atoms with E-state index >= 15 is 0 Å². The molecule has 1 aromatic carbocycles. The van der Waals surface area contributed by atoms with Crippen LogP contribution in [0.3, 0.4) is 0 Å². The maximum Gasteiger partial charge on any atom is 0.132 e. The SMILES string of the molecule is COc1cc(C(CN)OC)ccc1SC(C)(C)C. The van der Waals surface area contributed by atoms with Crippen molar-refractivity contribution in [3.8, 4) is 5.75 Å². The number of hydrogen-bond acceptors (Lipinski definition) is 4. The van der Waals surface area contributed by atoms with Gasteiger partial charge in [0.1, 0.15) is 5.75 Å². The van der Waals surface area contributed by atoms with E-state index in [1.54, 1.807) is 26.0 Å². The van der Waals surface area contributed by atoms with Crippen LogP contribution in [0.4, 0.5) is 0 Å². The Morgan fingerprint density at radius 3 is 2.39 bits per heavy atom. The van der Waals surface area contributed by atoms with Gasteiger partial charge in [-0.25, -0.2) is 0 Å². The summed E-state index contributed by atoms with van der Waals surface area (Å²) in [4.78, 5) is 1.14. The van der Waals surface area contributed by atoms with E-state index in [4.69, 9.17) is 15.2 Å². The first-order valence-electron chi connectivity index (χ1n) is 6.01. The van der Waals surface area contributed by atoms with Crippen molar-refractivity contribution in [2.75, 3.05) is 20.8 Å². The summed E-state index contributed by atoms with van der Waals surface area (Å²) >= 11 is 1.79. The summed E-state index contributed by atoms with van der Waals surface area (Å²) in [5, 5.41) is 0. The van der Waals surface area contributed by atoms with Gasteiger partial charge in [0.2, 0.25) is 0 Å². The lowest BCUT2D eigenvalue weighted by molar-refractivity contribution is 0.110. The first-order chi connectivity index (χ1) is 8.41. The lowest BCUT2D eigenvalue weighted by Crippen LogP contribution is -2.14. The lowest BCUT2D eigenvalue weighted by Gasteiger charge is -2.21. The summed E-state index contributed by atoms with van der Waals surface area (Å²) < 4.78 is 10.9. The maximum absolute atomic E-state index is 5.68. The molecule has 1 rings (SSSR count). The van der Waals surface area contributed by atoms with Crippen molar-refractivity contribution in [1.29, 1.82) is 0 Å². The van der Waals surface area contributed by atoms with Gasteiger partial charge in [0.15, 0.2) is 0 Å². The van der Waals surface area contributed by atoms with Crippen LogP contribution in [0.15, 0.2) is 23.1 Å². The molecule has 0 radical (unpaired) electrons. The Labute approximate surface area is 114 Å². The van der Waals surface area contributed by atoms with Gasteiger partial charge >= 0.3 is 0 Å². The van der Waals surface area contributed by atoms with Crippen LogP contribution in [0.25, 0.3) is 0 Å². The number of hydrogen-bond donors (Lipinski definition) is 1. The minimum absolute atomic E-state index is 0.0763. The van der Waals surface area contributed by atoms with Gasteiger partial charge in [-0.1, -0.05) is 26.8 Å². The van der Waals surface area contributed by atoms with Gasteiger partial charge in [-0.15, -0.1) is 11.8 Å². The van der Waals surface area contributed by atoms with Gasteiger partial charge in [-0.3, -0.25) is 0 Å². The molecule has 0 aromatic heterocycles. The molecule has 0 bridgehead atoms. The predicted molar refractivity (Wildman–Crippen MR) is 77.4 cm³/mol. The Bertz CT molecular complexity index is 384. The summed E-state index contributed by atoms with van der Waals surface area (Å²) in [6.45, 7) is 7.01. The minimum Gasteiger partial charge on any atom is -0.496 e. The quantitative estimate of drug-likeness (QED) is 0.834. The number of ether oxygens (including phenoxy) is 2. The van der Waals surface area contributed by atoms with Crippen molar-refractivity contribution >= 4 is 11.8 Å². The standard InChI is InChI=1S/C14H23NO2S/c1-14(2,3)18-13-7-6-10(8-11(13)16-4)12(9-15)17-5/h6-8,12H,9,15H2,1-5H3. The highest BCUT2D eigenvalue weighted by Gasteiger charge is 2.17. The molecule has 0 aliphatic rings. The van der Waals surface area contributed by atoms with Gasteiger partial charge in [0, 0.05) is 23.3 Å². The van der Waals surface area contributed by atoms with Crippen LogP contribution in [0.1, 0.15) is 32.4 Å². The first-order valence-corrected chi connectivity index (χ1v) is 6.82. The topological polar surface area (TPSA) is 44.5 Å². The van der Waals surface area contributed by atoms with E-state index in [1.807, 2.05) is 6.07 Å². The van der Waals surface area contributed by atoms with Crippen molar-refractivity contribution in [3.05, 3.63) is 23.8 Å². The second kappa shape index (κ2) is 6.45. The largest absolute Gasteiger partial charge is 0.496 e. The van der Waals surface area contributed by atoms with Crippen molar-refractivity contribution in [1.82, 2.24) is 0 Å². The average Bonchev–Trinajstić information content (AvgIpc) is 2.30. The highest BCUT2D eigenvalue weighted by atomic mass is 32.2. The van der Waals surface area contributed by atoms with Gasteiger partial charge < -0.3 is 15.2 Å². The van der Waals surface area contributed by atoms with Crippen LogP contribution in [0.5, 0.6) is 5.75 Å². The van der Waals surface area contributed by atoms with E-state index < -0.39 is 0 Å². The van der Waals surface area contributed by atoms with Crippen LogP contribution < -0.4 is 10.5 Å². The summed E-state index contributed by atoms with van der Waals surface area (Å²) in [5.74, 6) is 0.878. The van der Waals surface area contributed by atoms with Gasteiger partial charge in [0.25, 0.3) is 0 Å². The molecule has 0 heterocycles. The number of rotatable bonds is 5. The molecule has 0 spiro atoms. The maximum atomic E-state index is 5.68. The molecule has 4 heteroatoms. The van der Waals surface area contributed by atoms with Gasteiger partial charge in [-0.2, -0.15) is 0 Å². The third-order valence-electron chi connectivity index (χ3n) is 2.47. The van der Waals surface area contributed by atoms with E-state index in [-0.39, 0.29) is 10.9 Å². The Hall–Kier alpha value is -0.710. The highest BCUT2D eigenvalue weighted by molar-refractivity contribution is 8.00. The number of nitrogens with two attached hydrogens (primary N) is 1. The molecule has 0 aliphatic heterocycles. The third-order valence-corrected chi connectivity index (χ3v) is 3.64. The normalized spacial score (nSPS) is 13.4. The first kappa shape index (κ1) is 15.3. The zero-order valence-electron chi connectivity index (χ0n) is 11.8. The fourth-order valence-electron chi connectivity index (χ4n) is 1.67. The smallest absolute Gasteiger partial charge is 0.132 e. The average molecular weight is 269 g/mol. The Morgan fingerprint density at radius 1 is 1.28 bits per heavy atom. The van der Waals surface area contributed by atoms with Crippen LogP contribution in [0, 0.1) is 0 Å². The zero-order valence-corrected chi connectivity index (χ0v) is 12.6. The van der Waals surface area contributed by atoms with Crippen LogP contribution in [-0.2, 0) is 4.74 Å². The predicted octanol–water partition coefficient (Wildman–Crippen LogP) is 3.23. The lowest BCUT2D eigenvalue weighted by atomic mass is 10.1. The second-order valence-electron chi connectivity index (χ2n) is 5.08. The minimum atomic E-state index is -0.0763. The monoisotopic (exact) mass is 269 g/mol. The summed E-state index contributed by atoms with van der Waals surface area (Å²) in [5.41, 5.74) is 6.73. The van der Waals surface area contributed by atoms with Crippen molar-refractivity contribution < 1.29 is 9.47 Å². The Kier molecular flexibility index (Phi) is 5.50. The molecule has 18 heavy (non-hydrogen) atoms. The Morgan fingerprint density at radius 2 is 1.94 bits per heavy atom. The third kappa shape index (κ3) is 4.19. The van der Waals surface area contributed by atoms with Crippen LogP contribution in [-0.4, -0.2) is 25.5 Å². The molecule has 0 saturated heterocycles.